The number of amides is 1. The minimum absolute atomic E-state index is 0.0475. The first-order chi connectivity index (χ1) is 16.1. The lowest BCUT2D eigenvalue weighted by molar-refractivity contribution is -0.131. The van der Waals surface area contributed by atoms with Gasteiger partial charge in [0.05, 0.1) is 24.7 Å². The van der Waals surface area contributed by atoms with E-state index in [1.165, 1.54) is 63.6 Å². The van der Waals surface area contributed by atoms with Crippen LogP contribution < -0.4 is 24.2 Å². The SMILES string of the molecule is COc1cc(NS(=O)(=O)c2ccc(NC(=O)c3cc(Br)ccc3OC(C)=O)cc2)nc(OC)n1. The maximum Gasteiger partial charge on any atom is 0.321 e. The van der Waals surface area contributed by atoms with Gasteiger partial charge in [-0.2, -0.15) is 9.97 Å². The monoisotopic (exact) mass is 550 g/mol. The van der Waals surface area contributed by atoms with Gasteiger partial charge in [0.25, 0.3) is 15.9 Å². The van der Waals surface area contributed by atoms with Gasteiger partial charge in [0.2, 0.25) is 5.88 Å². The second-order valence-corrected chi connectivity index (χ2v) is 9.20. The maximum atomic E-state index is 12.7. The van der Waals surface area contributed by atoms with E-state index in [-0.39, 0.29) is 33.9 Å². The molecule has 0 fully saturated rings. The molecule has 0 aliphatic rings. The molecule has 0 atom stereocenters. The normalized spacial score (nSPS) is 10.8. The Kier molecular flexibility index (Phi) is 7.68. The number of hydrogen-bond donors (Lipinski definition) is 2. The number of methoxy groups -OCH3 is 2. The van der Waals surface area contributed by atoms with Gasteiger partial charge in [-0.3, -0.25) is 14.3 Å². The highest BCUT2D eigenvalue weighted by atomic mass is 79.9. The van der Waals surface area contributed by atoms with Crippen molar-refractivity contribution < 1.29 is 32.2 Å². The molecule has 11 nitrogen and oxygen atoms in total. The molecule has 3 aromatic rings. The van der Waals surface area contributed by atoms with Crippen LogP contribution in [0.25, 0.3) is 0 Å². The number of ether oxygens (including phenoxy) is 3. The van der Waals surface area contributed by atoms with Gasteiger partial charge in [-0.05, 0) is 42.5 Å². The average molecular weight is 551 g/mol. The summed E-state index contributed by atoms with van der Waals surface area (Å²) in [6.07, 6.45) is 0. The summed E-state index contributed by atoms with van der Waals surface area (Å²) in [6, 6.07) is 11.3. The molecule has 0 saturated carbocycles. The molecule has 3 rings (SSSR count). The number of anilines is 2. The molecule has 0 aliphatic heterocycles. The summed E-state index contributed by atoms with van der Waals surface area (Å²) in [7, 11) is -1.31. The standard InChI is InChI=1S/C21H19BrN4O7S/c1-12(27)33-17-9-4-13(22)10-16(17)20(28)23-14-5-7-15(8-6-14)34(29,30)26-18-11-19(31-2)25-21(24-18)32-3/h4-11H,1-3H3,(H,23,28)(H,24,25,26). The number of hydrogen-bond acceptors (Lipinski definition) is 9. The molecule has 0 aliphatic carbocycles. The van der Waals surface area contributed by atoms with Crippen LogP contribution in [0.1, 0.15) is 17.3 Å². The van der Waals surface area contributed by atoms with Crippen LogP contribution in [0.5, 0.6) is 17.6 Å². The summed E-state index contributed by atoms with van der Waals surface area (Å²) in [5.41, 5.74) is 0.442. The molecule has 34 heavy (non-hydrogen) atoms. The van der Waals surface area contributed by atoms with E-state index in [1.54, 1.807) is 6.07 Å². The van der Waals surface area contributed by atoms with E-state index in [4.69, 9.17) is 14.2 Å². The molecule has 1 heterocycles. The number of carbonyl (C=O) groups excluding carboxylic acids is 2. The smallest absolute Gasteiger partial charge is 0.321 e. The van der Waals surface area contributed by atoms with E-state index in [0.717, 1.165) is 0 Å². The Morgan fingerprint density at radius 1 is 0.971 bits per heavy atom. The van der Waals surface area contributed by atoms with Crippen LogP contribution in [0.15, 0.2) is 57.9 Å². The summed E-state index contributed by atoms with van der Waals surface area (Å²) >= 11 is 3.27. The fraction of sp³-hybridized carbons (Fsp3) is 0.143. The van der Waals surface area contributed by atoms with Gasteiger partial charge in [-0.25, -0.2) is 8.42 Å². The second kappa shape index (κ2) is 10.5. The van der Waals surface area contributed by atoms with Crippen LogP contribution >= 0.6 is 15.9 Å². The Morgan fingerprint density at radius 3 is 2.29 bits per heavy atom. The first-order valence-electron chi connectivity index (χ1n) is 9.50. The molecule has 1 amide bonds. The molecule has 0 spiro atoms. The number of nitrogens with one attached hydrogen (secondary N) is 2. The first kappa shape index (κ1) is 24.9. The quantitative estimate of drug-likeness (QED) is 0.318. The lowest BCUT2D eigenvalue weighted by atomic mass is 10.2. The zero-order valence-corrected chi connectivity index (χ0v) is 20.6. The number of rotatable bonds is 8. The van der Waals surface area contributed by atoms with Gasteiger partial charge in [0.15, 0.2) is 5.82 Å². The summed E-state index contributed by atoms with van der Waals surface area (Å²) in [5, 5.41) is 2.64. The first-order valence-corrected chi connectivity index (χ1v) is 11.8. The minimum atomic E-state index is -4.01. The van der Waals surface area contributed by atoms with Crippen molar-refractivity contribution in [3.8, 4) is 17.6 Å². The number of aromatic nitrogens is 2. The van der Waals surface area contributed by atoms with Gasteiger partial charge < -0.3 is 19.5 Å². The van der Waals surface area contributed by atoms with Crippen molar-refractivity contribution in [3.05, 3.63) is 58.6 Å². The molecule has 2 aromatic carbocycles. The van der Waals surface area contributed by atoms with Gasteiger partial charge >= 0.3 is 12.0 Å². The van der Waals surface area contributed by atoms with Crippen molar-refractivity contribution in [2.24, 2.45) is 0 Å². The predicted octanol–water partition coefficient (Wildman–Crippen LogP) is 3.23. The van der Waals surface area contributed by atoms with E-state index >= 15 is 0 Å². The molecule has 0 unspecified atom stereocenters. The Hall–Kier alpha value is -3.71. The zero-order chi connectivity index (χ0) is 24.9. The molecule has 0 saturated heterocycles. The van der Waals surface area contributed by atoms with Gasteiger partial charge in [-0.1, -0.05) is 15.9 Å². The third-order valence-electron chi connectivity index (χ3n) is 4.18. The van der Waals surface area contributed by atoms with E-state index < -0.39 is 21.9 Å². The van der Waals surface area contributed by atoms with Crippen LogP contribution in [0.4, 0.5) is 11.5 Å². The number of nitrogens with zero attached hydrogens (tertiary/aromatic N) is 2. The third-order valence-corrected chi connectivity index (χ3v) is 6.04. The highest BCUT2D eigenvalue weighted by molar-refractivity contribution is 9.10. The predicted molar refractivity (Wildman–Crippen MR) is 126 cm³/mol. The molecule has 0 radical (unpaired) electrons. The van der Waals surface area contributed by atoms with E-state index in [9.17, 15) is 18.0 Å². The fourth-order valence-corrected chi connectivity index (χ4v) is 4.04. The van der Waals surface area contributed by atoms with Crippen molar-refractivity contribution in [1.29, 1.82) is 0 Å². The Balaban J connectivity index is 1.78. The van der Waals surface area contributed by atoms with Crippen molar-refractivity contribution >= 4 is 49.3 Å². The topological polar surface area (TPSA) is 146 Å². The largest absolute Gasteiger partial charge is 0.481 e. The fourth-order valence-electron chi connectivity index (χ4n) is 2.69. The number of halogens is 1. The molecule has 178 valence electrons. The van der Waals surface area contributed by atoms with Crippen molar-refractivity contribution in [3.63, 3.8) is 0 Å². The number of esters is 1. The van der Waals surface area contributed by atoms with E-state index in [1.807, 2.05) is 0 Å². The summed E-state index contributed by atoms with van der Waals surface area (Å²) in [4.78, 5) is 31.8. The zero-order valence-electron chi connectivity index (χ0n) is 18.2. The summed E-state index contributed by atoms with van der Waals surface area (Å²) in [5.74, 6) is -0.965. The molecule has 13 heteroatoms. The third kappa shape index (κ3) is 6.20. The molecule has 1 aromatic heterocycles. The van der Waals surface area contributed by atoms with Gasteiger partial charge in [-0.15, -0.1) is 0 Å². The summed E-state index contributed by atoms with van der Waals surface area (Å²) in [6.45, 7) is 1.23. The lowest BCUT2D eigenvalue weighted by Gasteiger charge is -2.12. The lowest BCUT2D eigenvalue weighted by Crippen LogP contribution is -2.16. The van der Waals surface area contributed by atoms with Crippen LogP contribution in [-0.4, -0.2) is 44.5 Å². The number of carbonyl (C=O) groups is 2. The second-order valence-electron chi connectivity index (χ2n) is 6.60. The van der Waals surface area contributed by atoms with Crippen molar-refractivity contribution in [2.45, 2.75) is 11.8 Å². The van der Waals surface area contributed by atoms with Crippen molar-refractivity contribution in [1.82, 2.24) is 9.97 Å². The highest BCUT2D eigenvalue weighted by Gasteiger charge is 2.18. The maximum absolute atomic E-state index is 12.7. The summed E-state index contributed by atoms with van der Waals surface area (Å²) < 4.78 is 43.4. The van der Waals surface area contributed by atoms with Gasteiger partial charge in [0, 0.05) is 23.2 Å². The number of benzene rings is 2. The average Bonchev–Trinajstić information content (AvgIpc) is 2.79. The van der Waals surface area contributed by atoms with Crippen LogP contribution in [0, 0.1) is 0 Å². The highest BCUT2D eigenvalue weighted by Crippen LogP contribution is 2.26. The van der Waals surface area contributed by atoms with E-state index in [0.29, 0.717) is 10.2 Å². The number of sulfonamides is 1. The van der Waals surface area contributed by atoms with Gasteiger partial charge in [0.1, 0.15) is 5.75 Å². The minimum Gasteiger partial charge on any atom is -0.481 e. The Bertz CT molecular complexity index is 1310. The van der Waals surface area contributed by atoms with Crippen LogP contribution in [0.3, 0.4) is 0 Å². The van der Waals surface area contributed by atoms with Crippen molar-refractivity contribution in [2.75, 3.05) is 24.3 Å². The molecule has 2 N–H and O–H groups in total. The van der Waals surface area contributed by atoms with Crippen LogP contribution in [-0.2, 0) is 14.8 Å². The molecular formula is C21H19BrN4O7S. The van der Waals surface area contributed by atoms with E-state index in [2.05, 4.69) is 35.9 Å². The Labute approximate surface area is 203 Å². The molecule has 0 bridgehead atoms. The molecular weight excluding hydrogens is 532 g/mol. The van der Waals surface area contributed by atoms with Crippen LogP contribution in [0.2, 0.25) is 0 Å². The Morgan fingerprint density at radius 2 is 1.68 bits per heavy atom.